The minimum absolute atomic E-state index is 0.195. The molecule has 0 saturated carbocycles. The summed E-state index contributed by atoms with van der Waals surface area (Å²) in [5, 5.41) is 1.69. The molecule has 33 heavy (non-hydrogen) atoms. The second-order valence-corrected chi connectivity index (χ2v) is 10.4. The van der Waals surface area contributed by atoms with E-state index in [9.17, 15) is 13.8 Å². The third kappa shape index (κ3) is 4.57. The zero-order valence-corrected chi connectivity index (χ0v) is 19.4. The van der Waals surface area contributed by atoms with Crippen molar-refractivity contribution in [1.82, 2.24) is 9.24 Å². The lowest BCUT2D eigenvalue weighted by atomic mass is 9.90. The van der Waals surface area contributed by atoms with Gasteiger partial charge in [-0.25, -0.2) is 8.96 Å². The maximum Gasteiger partial charge on any atom is 0.458 e. The standard InChI is InChI=1S/C25H23ClFN2O3P/c26-19-6-11-25-23(16-19)24(17-29(25)21-9-7-20(27)8-10-21)18-12-14-28(15-13-18)33(30,31)32-22-4-2-1-3-5-22/h1-11,16-18H,12-15H2,(H,30,31). The zero-order chi connectivity index (χ0) is 23.0. The minimum atomic E-state index is -3.94. The first-order valence-electron chi connectivity index (χ1n) is 10.8. The first-order chi connectivity index (χ1) is 15.9. The predicted molar refractivity (Wildman–Crippen MR) is 129 cm³/mol. The molecule has 8 heteroatoms. The van der Waals surface area contributed by atoms with E-state index < -0.39 is 7.75 Å². The highest BCUT2D eigenvalue weighted by atomic mass is 35.5. The maximum atomic E-state index is 13.5. The predicted octanol–water partition coefficient (Wildman–Crippen LogP) is 6.78. The highest BCUT2D eigenvalue weighted by molar-refractivity contribution is 7.50. The van der Waals surface area contributed by atoms with Gasteiger partial charge in [0.1, 0.15) is 11.6 Å². The van der Waals surface area contributed by atoms with Crippen LogP contribution in [0.2, 0.25) is 5.02 Å². The van der Waals surface area contributed by atoms with Gasteiger partial charge in [-0.15, -0.1) is 0 Å². The van der Waals surface area contributed by atoms with E-state index in [2.05, 4.69) is 6.20 Å². The fourth-order valence-electron chi connectivity index (χ4n) is 4.47. The van der Waals surface area contributed by atoms with Gasteiger partial charge in [0.15, 0.2) is 0 Å². The first kappa shape index (κ1) is 22.2. The lowest BCUT2D eigenvalue weighted by molar-refractivity contribution is 0.239. The molecule has 0 bridgehead atoms. The topological polar surface area (TPSA) is 54.7 Å². The van der Waals surface area contributed by atoms with Crippen molar-refractivity contribution >= 4 is 30.3 Å². The van der Waals surface area contributed by atoms with Gasteiger partial charge in [-0.05, 0) is 78.9 Å². The number of fused-ring (bicyclic) bond motifs is 1. The second-order valence-electron chi connectivity index (χ2n) is 8.22. The van der Waals surface area contributed by atoms with Gasteiger partial charge in [0, 0.05) is 35.4 Å². The first-order valence-corrected chi connectivity index (χ1v) is 12.7. The molecule has 1 aliphatic heterocycles. The molecule has 0 radical (unpaired) electrons. The van der Waals surface area contributed by atoms with E-state index in [0.717, 1.165) is 22.2 Å². The monoisotopic (exact) mass is 484 g/mol. The third-order valence-electron chi connectivity index (χ3n) is 6.14. The summed E-state index contributed by atoms with van der Waals surface area (Å²) >= 11 is 6.31. The summed E-state index contributed by atoms with van der Waals surface area (Å²) in [6.45, 7) is 0.879. The van der Waals surface area contributed by atoms with Gasteiger partial charge in [-0.3, -0.25) is 0 Å². The molecule has 3 aromatic carbocycles. The van der Waals surface area contributed by atoms with Crippen LogP contribution in [0.15, 0.2) is 79.0 Å². The summed E-state index contributed by atoms with van der Waals surface area (Å²) in [6.07, 6.45) is 3.49. The van der Waals surface area contributed by atoms with Gasteiger partial charge in [0.2, 0.25) is 0 Å². The van der Waals surface area contributed by atoms with Crippen LogP contribution in [0, 0.1) is 5.82 Å². The lowest BCUT2D eigenvalue weighted by Gasteiger charge is -2.33. The van der Waals surface area contributed by atoms with E-state index in [4.69, 9.17) is 16.1 Å². The van der Waals surface area contributed by atoms with Crippen LogP contribution in [-0.4, -0.2) is 27.2 Å². The van der Waals surface area contributed by atoms with Gasteiger partial charge in [0.25, 0.3) is 0 Å². The van der Waals surface area contributed by atoms with Crippen molar-refractivity contribution in [3.63, 3.8) is 0 Å². The molecule has 4 aromatic rings. The molecular weight excluding hydrogens is 462 g/mol. The normalized spacial score (nSPS) is 17.2. The molecule has 5 nitrogen and oxygen atoms in total. The highest BCUT2D eigenvalue weighted by Crippen LogP contribution is 2.49. The Hall–Kier alpha value is -2.63. The van der Waals surface area contributed by atoms with Crippen LogP contribution in [0.1, 0.15) is 24.3 Å². The van der Waals surface area contributed by atoms with Gasteiger partial charge < -0.3 is 14.0 Å². The average Bonchev–Trinajstić information content (AvgIpc) is 3.18. The number of hydrogen-bond donors (Lipinski definition) is 1. The molecule has 170 valence electrons. The molecule has 1 aliphatic rings. The molecule has 1 N–H and O–H groups in total. The Morgan fingerprint density at radius 1 is 1.00 bits per heavy atom. The largest absolute Gasteiger partial charge is 0.458 e. The number of halogens is 2. The van der Waals surface area contributed by atoms with E-state index in [1.165, 1.54) is 16.8 Å². The smallest absolute Gasteiger partial charge is 0.413 e. The minimum Gasteiger partial charge on any atom is -0.413 e. The van der Waals surface area contributed by atoms with E-state index in [-0.39, 0.29) is 11.7 Å². The van der Waals surface area contributed by atoms with Crippen molar-refractivity contribution in [2.75, 3.05) is 13.1 Å². The fourth-order valence-corrected chi connectivity index (χ4v) is 5.89. The van der Waals surface area contributed by atoms with Crippen LogP contribution in [0.3, 0.4) is 0 Å². The summed E-state index contributed by atoms with van der Waals surface area (Å²) in [6, 6.07) is 20.9. The molecule has 1 atom stereocenters. The van der Waals surface area contributed by atoms with E-state index in [1.807, 2.05) is 28.8 Å². The molecular formula is C25H23ClFN2O3P. The number of nitrogens with zero attached hydrogens (tertiary/aromatic N) is 2. The Morgan fingerprint density at radius 3 is 2.39 bits per heavy atom. The molecule has 1 aromatic heterocycles. The summed E-state index contributed by atoms with van der Waals surface area (Å²) in [4.78, 5) is 10.5. The van der Waals surface area contributed by atoms with Crippen molar-refractivity contribution in [3.8, 4) is 11.4 Å². The Morgan fingerprint density at radius 2 is 1.70 bits per heavy atom. The molecule has 1 unspecified atom stereocenters. The number of aromatic nitrogens is 1. The van der Waals surface area contributed by atoms with Crippen molar-refractivity contribution < 1.29 is 18.4 Å². The van der Waals surface area contributed by atoms with Gasteiger partial charge in [-0.1, -0.05) is 29.8 Å². The van der Waals surface area contributed by atoms with Crippen molar-refractivity contribution in [2.45, 2.75) is 18.8 Å². The van der Waals surface area contributed by atoms with Crippen LogP contribution in [0.5, 0.6) is 5.75 Å². The number of benzene rings is 3. The highest BCUT2D eigenvalue weighted by Gasteiger charge is 2.35. The van der Waals surface area contributed by atoms with E-state index in [0.29, 0.717) is 36.7 Å². The summed E-state index contributed by atoms with van der Waals surface area (Å²) in [7, 11) is -3.94. The molecule has 1 fully saturated rings. The SMILES string of the molecule is O=P(O)(Oc1ccccc1)N1CCC(c2cn(-c3ccc(F)cc3)c3ccc(Cl)cc23)CC1. The molecule has 0 spiro atoms. The Balaban J connectivity index is 1.40. The van der Waals surface area contributed by atoms with Crippen molar-refractivity contribution in [2.24, 2.45) is 0 Å². The molecule has 2 heterocycles. The lowest BCUT2D eigenvalue weighted by Crippen LogP contribution is -2.31. The quantitative estimate of drug-likeness (QED) is 0.317. The van der Waals surface area contributed by atoms with Gasteiger partial charge >= 0.3 is 7.75 Å². The van der Waals surface area contributed by atoms with Crippen LogP contribution in [0.25, 0.3) is 16.6 Å². The molecule has 0 aliphatic carbocycles. The Labute approximate surface area is 196 Å². The summed E-state index contributed by atoms with van der Waals surface area (Å²) < 4.78 is 35.3. The summed E-state index contributed by atoms with van der Waals surface area (Å²) in [5.74, 6) is 0.292. The van der Waals surface area contributed by atoms with E-state index >= 15 is 0 Å². The van der Waals surface area contributed by atoms with Crippen LogP contribution in [-0.2, 0) is 4.57 Å². The van der Waals surface area contributed by atoms with Crippen molar-refractivity contribution in [1.29, 1.82) is 0 Å². The van der Waals surface area contributed by atoms with Crippen LogP contribution in [0.4, 0.5) is 4.39 Å². The van der Waals surface area contributed by atoms with Gasteiger partial charge in [0.05, 0.1) is 5.52 Å². The van der Waals surface area contributed by atoms with E-state index in [1.54, 1.807) is 36.4 Å². The maximum absolute atomic E-state index is 13.5. The molecule has 1 saturated heterocycles. The van der Waals surface area contributed by atoms with Gasteiger partial charge in [-0.2, -0.15) is 4.67 Å². The molecule has 5 rings (SSSR count). The average molecular weight is 485 g/mol. The Bertz CT molecular complexity index is 1320. The number of hydrogen-bond acceptors (Lipinski definition) is 2. The van der Waals surface area contributed by atoms with Crippen molar-refractivity contribution in [3.05, 3.63) is 95.4 Å². The number of piperidine rings is 1. The van der Waals surface area contributed by atoms with Crippen LogP contribution < -0.4 is 4.52 Å². The fraction of sp³-hybridized carbons (Fsp3) is 0.200. The Kier molecular flexibility index (Phi) is 6.02. The number of para-hydroxylation sites is 1. The zero-order valence-electron chi connectivity index (χ0n) is 17.8. The second kappa shape index (κ2) is 8.96. The molecule has 0 amide bonds. The third-order valence-corrected chi connectivity index (χ3v) is 7.94. The number of rotatable bonds is 5. The summed E-state index contributed by atoms with van der Waals surface area (Å²) in [5.41, 5.74) is 2.99. The van der Waals surface area contributed by atoms with Crippen LogP contribution >= 0.6 is 19.3 Å².